The Morgan fingerprint density at radius 1 is 0.970 bits per heavy atom. The van der Waals surface area contributed by atoms with Crippen LogP contribution in [0.1, 0.15) is 28.3 Å². The smallest absolute Gasteiger partial charge is 0.213 e. The molecule has 0 spiro atoms. The van der Waals surface area contributed by atoms with Crippen LogP contribution in [0.3, 0.4) is 0 Å². The third-order valence-electron chi connectivity index (χ3n) is 5.39. The molecule has 0 unspecified atom stereocenters. The molecule has 1 N–H and O–H groups in total. The maximum absolute atomic E-state index is 5.36. The van der Waals surface area contributed by atoms with Crippen LogP contribution in [0.2, 0.25) is 0 Å². The second-order valence-electron chi connectivity index (χ2n) is 7.88. The molecule has 0 aliphatic rings. The molecule has 7 nitrogen and oxygen atoms in total. The van der Waals surface area contributed by atoms with E-state index in [1.807, 2.05) is 67.9 Å². The minimum absolute atomic E-state index is 0.724. The summed E-state index contributed by atoms with van der Waals surface area (Å²) in [6, 6.07) is 18.2. The van der Waals surface area contributed by atoms with Gasteiger partial charge in [0, 0.05) is 23.7 Å². The lowest BCUT2D eigenvalue weighted by atomic mass is 10.0. The first-order valence-electron chi connectivity index (χ1n) is 10.7. The van der Waals surface area contributed by atoms with Crippen LogP contribution in [0.15, 0.2) is 54.6 Å². The standard InChI is InChI=1S/C25H24N6OS/c1-15-12-23(31(30-15)25-28-21-11-10-19(32-4)14-22(21)33-25)29-24-20(16(2)26-17(3)27-24)13-18-8-6-5-7-9-18/h5-12,14H,13H2,1-4H3,(H,26,27,29). The fourth-order valence-corrected chi connectivity index (χ4v) is 4.78. The molecule has 0 fully saturated rings. The number of hydrogen-bond donors (Lipinski definition) is 1. The molecule has 0 saturated carbocycles. The minimum Gasteiger partial charge on any atom is -0.497 e. The van der Waals surface area contributed by atoms with Crippen LogP contribution in [0.5, 0.6) is 5.75 Å². The van der Waals surface area contributed by atoms with E-state index in [2.05, 4.69) is 22.4 Å². The number of aromatic nitrogens is 5. The highest BCUT2D eigenvalue weighted by molar-refractivity contribution is 7.20. The second-order valence-corrected chi connectivity index (χ2v) is 8.89. The van der Waals surface area contributed by atoms with Gasteiger partial charge in [-0.2, -0.15) is 9.78 Å². The first kappa shape index (κ1) is 21.1. The topological polar surface area (TPSA) is 77.8 Å². The van der Waals surface area contributed by atoms with Gasteiger partial charge in [0.25, 0.3) is 0 Å². The normalized spacial score (nSPS) is 11.2. The summed E-state index contributed by atoms with van der Waals surface area (Å²) in [4.78, 5) is 14.1. The number of aryl methyl sites for hydroxylation is 3. The number of nitrogens with zero attached hydrogens (tertiary/aromatic N) is 5. The molecule has 0 aliphatic heterocycles. The molecule has 33 heavy (non-hydrogen) atoms. The van der Waals surface area contributed by atoms with Crippen molar-refractivity contribution in [2.24, 2.45) is 0 Å². The third-order valence-corrected chi connectivity index (χ3v) is 6.39. The van der Waals surface area contributed by atoms with E-state index < -0.39 is 0 Å². The molecule has 0 saturated heterocycles. The van der Waals surface area contributed by atoms with E-state index >= 15 is 0 Å². The average molecular weight is 457 g/mol. The third kappa shape index (κ3) is 4.29. The van der Waals surface area contributed by atoms with Gasteiger partial charge in [-0.1, -0.05) is 41.7 Å². The summed E-state index contributed by atoms with van der Waals surface area (Å²) in [6.45, 7) is 5.91. The maximum atomic E-state index is 5.36. The van der Waals surface area contributed by atoms with Gasteiger partial charge in [0.15, 0.2) is 0 Å². The lowest BCUT2D eigenvalue weighted by molar-refractivity contribution is 0.415. The molecule has 0 radical (unpaired) electrons. The summed E-state index contributed by atoms with van der Waals surface area (Å²) < 4.78 is 8.24. The number of fused-ring (bicyclic) bond motifs is 1. The van der Waals surface area contributed by atoms with E-state index in [1.165, 1.54) is 5.56 Å². The summed E-state index contributed by atoms with van der Waals surface area (Å²) in [5, 5.41) is 9.00. The molecule has 166 valence electrons. The molecule has 8 heteroatoms. The van der Waals surface area contributed by atoms with Gasteiger partial charge >= 0.3 is 0 Å². The molecule has 0 bridgehead atoms. The largest absolute Gasteiger partial charge is 0.497 e. The highest BCUT2D eigenvalue weighted by atomic mass is 32.1. The Bertz CT molecular complexity index is 1440. The van der Waals surface area contributed by atoms with Crippen LogP contribution in [0.25, 0.3) is 15.3 Å². The van der Waals surface area contributed by atoms with Crippen LogP contribution in [-0.4, -0.2) is 31.8 Å². The number of ether oxygens (including phenoxy) is 1. The minimum atomic E-state index is 0.724. The maximum Gasteiger partial charge on any atom is 0.213 e. The van der Waals surface area contributed by atoms with Gasteiger partial charge < -0.3 is 10.1 Å². The van der Waals surface area contributed by atoms with Crippen molar-refractivity contribution in [1.29, 1.82) is 0 Å². The zero-order valence-corrected chi connectivity index (χ0v) is 19.8. The van der Waals surface area contributed by atoms with E-state index in [0.29, 0.717) is 0 Å². The van der Waals surface area contributed by atoms with Gasteiger partial charge in [0.05, 0.1) is 23.0 Å². The molecule has 0 amide bonds. The predicted molar refractivity (Wildman–Crippen MR) is 132 cm³/mol. The molecule has 5 aromatic rings. The highest BCUT2D eigenvalue weighted by Gasteiger charge is 2.17. The van der Waals surface area contributed by atoms with Crippen LogP contribution < -0.4 is 10.1 Å². The summed E-state index contributed by atoms with van der Waals surface area (Å²) in [5.41, 5.74) is 5.03. The Kier molecular flexibility index (Phi) is 5.51. The van der Waals surface area contributed by atoms with Crippen molar-refractivity contribution in [2.45, 2.75) is 27.2 Å². The van der Waals surface area contributed by atoms with Crippen molar-refractivity contribution in [3.63, 3.8) is 0 Å². The van der Waals surface area contributed by atoms with Gasteiger partial charge in [-0.3, -0.25) is 0 Å². The predicted octanol–water partition coefficient (Wildman–Crippen LogP) is 5.54. The zero-order valence-electron chi connectivity index (χ0n) is 19.0. The van der Waals surface area contributed by atoms with Crippen LogP contribution in [0.4, 0.5) is 11.6 Å². The summed E-state index contributed by atoms with van der Waals surface area (Å²) >= 11 is 1.57. The van der Waals surface area contributed by atoms with Crippen molar-refractivity contribution in [3.8, 4) is 10.9 Å². The molecule has 5 rings (SSSR count). The van der Waals surface area contributed by atoms with Crippen molar-refractivity contribution in [2.75, 3.05) is 12.4 Å². The summed E-state index contributed by atoms with van der Waals surface area (Å²) in [5.74, 6) is 3.13. The molecule has 0 atom stereocenters. The van der Waals surface area contributed by atoms with E-state index in [-0.39, 0.29) is 0 Å². The lowest BCUT2D eigenvalue weighted by Gasteiger charge is -2.14. The van der Waals surface area contributed by atoms with Crippen LogP contribution >= 0.6 is 11.3 Å². The number of rotatable bonds is 6. The van der Waals surface area contributed by atoms with Crippen molar-refractivity contribution >= 4 is 33.2 Å². The number of anilines is 2. The van der Waals surface area contributed by atoms with Crippen LogP contribution in [-0.2, 0) is 6.42 Å². The van der Waals surface area contributed by atoms with Crippen molar-refractivity contribution < 1.29 is 4.74 Å². The van der Waals surface area contributed by atoms with E-state index in [4.69, 9.17) is 19.8 Å². The number of methoxy groups -OCH3 is 1. The van der Waals surface area contributed by atoms with Gasteiger partial charge in [0.2, 0.25) is 5.13 Å². The number of hydrogen-bond acceptors (Lipinski definition) is 7. The molecular weight excluding hydrogens is 432 g/mol. The van der Waals surface area contributed by atoms with E-state index in [1.54, 1.807) is 18.4 Å². The van der Waals surface area contributed by atoms with Gasteiger partial charge in [-0.15, -0.1) is 0 Å². The van der Waals surface area contributed by atoms with Gasteiger partial charge in [-0.05, 0) is 44.5 Å². The molecule has 3 heterocycles. The molecular formula is C25H24N6OS. The SMILES string of the molecule is COc1ccc2nc(-n3nc(C)cc3Nc3nc(C)nc(C)c3Cc3ccccc3)sc2c1. The first-order chi connectivity index (χ1) is 16.0. The number of benzene rings is 2. The summed E-state index contributed by atoms with van der Waals surface area (Å²) in [7, 11) is 1.67. The summed E-state index contributed by atoms with van der Waals surface area (Å²) in [6.07, 6.45) is 0.739. The molecule has 2 aromatic carbocycles. The fraction of sp³-hybridized carbons (Fsp3) is 0.200. The molecule has 3 aromatic heterocycles. The van der Waals surface area contributed by atoms with E-state index in [0.717, 1.165) is 61.9 Å². The van der Waals surface area contributed by atoms with Crippen molar-refractivity contribution in [1.82, 2.24) is 24.7 Å². The monoisotopic (exact) mass is 456 g/mol. The number of nitrogens with one attached hydrogen (secondary N) is 1. The Balaban J connectivity index is 1.55. The van der Waals surface area contributed by atoms with Crippen LogP contribution in [0, 0.1) is 20.8 Å². The van der Waals surface area contributed by atoms with Crippen molar-refractivity contribution in [3.05, 3.63) is 82.9 Å². The Labute approximate surface area is 196 Å². The molecule has 0 aliphatic carbocycles. The Morgan fingerprint density at radius 2 is 1.79 bits per heavy atom. The zero-order chi connectivity index (χ0) is 22.9. The average Bonchev–Trinajstić information content (AvgIpc) is 3.39. The first-order valence-corrected chi connectivity index (χ1v) is 11.5. The highest BCUT2D eigenvalue weighted by Crippen LogP contribution is 2.31. The Morgan fingerprint density at radius 3 is 2.58 bits per heavy atom. The quantitative estimate of drug-likeness (QED) is 0.361. The Hall–Kier alpha value is -3.78. The van der Waals surface area contributed by atoms with E-state index in [9.17, 15) is 0 Å². The van der Waals surface area contributed by atoms with Gasteiger partial charge in [-0.25, -0.2) is 15.0 Å². The van der Waals surface area contributed by atoms with Gasteiger partial charge in [0.1, 0.15) is 23.2 Å². The second kappa shape index (κ2) is 8.63. The fourth-order valence-electron chi connectivity index (χ4n) is 3.82. The number of thiazole rings is 1. The lowest BCUT2D eigenvalue weighted by Crippen LogP contribution is -2.09.